The average molecular weight is 220 g/mol. The molecule has 2 heteroatoms. The second-order valence-electron chi connectivity index (χ2n) is 5.01. The molecule has 0 fully saturated rings. The summed E-state index contributed by atoms with van der Waals surface area (Å²) in [4.78, 5) is 0. The van der Waals surface area contributed by atoms with E-state index in [9.17, 15) is 0 Å². The minimum Gasteiger partial charge on any atom is -0.329 e. The van der Waals surface area contributed by atoms with Gasteiger partial charge in [0.15, 0.2) is 0 Å². The average Bonchev–Trinajstić information content (AvgIpc) is 2.16. The van der Waals surface area contributed by atoms with Crippen molar-refractivity contribution < 1.29 is 0 Å². The van der Waals surface area contributed by atoms with Gasteiger partial charge in [0.1, 0.15) is 0 Å². The van der Waals surface area contributed by atoms with E-state index in [2.05, 4.69) is 51.2 Å². The van der Waals surface area contributed by atoms with E-state index in [-0.39, 0.29) is 6.04 Å². The third-order valence-electron chi connectivity index (χ3n) is 2.65. The molecule has 1 aromatic carbocycles. The molecule has 0 spiro atoms. The van der Waals surface area contributed by atoms with Gasteiger partial charge in [-0.05, 0) is 31.9 Å². The molecule has 0 aromatic heterocycles. The lowest BCUT2D eigenvalue weighted by molar-refractivity contribution is 0.479. The first-order valence-electron chi connectivity index (χ1n) is 6.04. The zero-order valence-electron chi connectivity index (χ0n) is 10.9. The SMILES string of the molecule is Cc1cc(C)cc(C(CN)NCC(C)C)c1. The van der Waals surface area contributed by atoms with Gasteiger partial charge in [0.2, 0.25) is 0 Å². The summed E-state index contributed by atoms with van der Waals surface area (Å²) in [6.07, 6.45) is 0. The van der Waals surface area contributed by atoms with E-state index in [1.807, 2.05) is 0 Å². The van der Waals surface area contributed by atoms with Crippen molar-refractivity contribution in [2.24, 2.45) is 11.7 Å². The number of nitrogens with one attached hydrogen (secondary N) is 1. The predicted octanol–water partition coefficient (Wildman–Crippen LogP) is 2.55. The third-order valence-corrected chi connectivity index (χ3v) is 2.65. The highest BCUT2D eigenvalue weighted by atomic mass is 14.9. The van der Waals surface area contributed by atoms with Crippen molar-refractivity contribution in [1.82, 2.24) is 5.32 Å². The molecule has 0 saturated heterocycles. The molecule has 0 bridgehead atoms. The van der Waals surface area contributed by atoms with Crippen LogP contribution in [0.4, 0.5) is 0 Å². The van der Waals surface area contributed by atoms with Gasteiger partial charge in [-0.2, -0.15) is 0 Å². The van der Waals surface area contributed by atoms with Crippen LogP contribution in [0, 0.1) is 19.8 Å². The zero-order valence-corrected chi connectivity index (χ0v) is 10.9. The largest absolute Gasteiger partial charge is 0.329 e. The summed E-state index contributed by atoms with van der Waals surface area (Å²) in [6, 6.07) is 6.91. The van der Waals surface area contributed by atoms with Gasteiger partial charge in [0, 0.05) is 12.6 Å². The van der Waals surface area contributed by atoms with Crippen LogP contribution in [0.1, 0.15) is 36.6 Å². The lowest BCUT2D eigenvalue weighted by Crippen LogP contribution is -2.31. The molecule has 0 amide bonds. The molecule has 0 heterocycles. The third kappa shape index (κ3) is 3.95. The Bertz CT molecular complexity index is 311. The fraction of sp³-hybridized carbons (Fsp3) is 0.571. The summed E-state index contributed by atoms with van der Waals surface area (Å²) in [6.45, 7) is 10.3. The highest BCUT2D eigenvalue weighted by molar-refractivity contribution is 5.30. The smallest absolute Gasteiger partial charge is 0.0444 e. The topological polar surface area (TPSA) is 38.0 Å². The van der Waals surface area contributed by atoms with Gasteiger partial charge in [0.05, 0.1) is 0 Å². The van der Waals surface area contributed by atoms with Crippen LogP contribution in [0.25, 0.3) is 0 Å². The van der Waals surface area contributed by atoms with Crippen molar-refractivity contribution in [2.75, 3.05) is 13.1 Å². The molecule has 1 atom stereocenters. The molecule has 1 rings (SSSR count). The van der Waals surface area contributed by atoms with Crippen LogP contribution < -0.4 is 11.1 Å². The molecule has 0 aliphatic carbocycles. The number of nitrogens with two attached hydrogens (primary N) is 1. The standard InChI is InChI=1S/C14H24N2/c1-10(2)9-16-14(8-15)13-6-11(3)5-12(4)7-13/h5-7,10,14,16H,8-9,15H2,1-4H3. The van der Waals surface area contributed by atoms with E-state index in [4.69, 9.17) is 5.73 Å². The van der Waals surface area contributed by atoms with E-state index < -0.39 is 0 Å². The molecule has 2 nitrogen and oxygen atoms in total. The molecule has 0 aliphatic heterocycles. The molecular formula is C14H24N2. The Morgan fingerprint density at radius 2 is 1.69 bits per heavy atom. The van der Waals surface area contributed by atoms with Crippen LogP contribution in [0.2, 0.25) is 0 Å². The van der Waals surface area contributed by atoms with E-state index in [0.29, 0.717) is 12.5 Å². The molecule has 0 radical (unpaired) electrons. The highest BCUT2D eigenvalue weighted by Crippen LogP contribution is 2.16. The van der Waals surface area contributed by atoms with Crippen LogP contribution in [-0.2, 0) is 0 Å². The molecule has 1 unspecified atom stereocenters. The highest BCUT2D eigenvalue weighted by Gasteiger charge is 2.10. The Balaban J connectivity index is 2.78. The van der Waals surface area contributed by atoms with E-state index in [1.165, 1.54) is 16.7 Å². The minimum absolute atomic E-state index is 0.279. The molecule has 0 saturated carbocycles. The second kappa shape index (κ2) is 6.02. The summed E-state index contributed by atoms with van der Waals surface area (Å²) in [5.41, 5.74) is 9.75. The predicted molar refractivity (Wildman–Crippen MR) is 70.6 cm³/mol. The lowest BCUT2D eigenvalue weighted by atomic mass is 10.0. The van der Waals surface area contributed by atoms with Crippen LogP contribution in [0.15, 0.2) is 18.2 Å². The maximum atomic E-state index is 5.83. The van der Waals surface area contributed by atoms with Crippen LogP contribution in [0.5, 0.6) is 0 Å². The van der Waals surface area contributed by atoms with Gasteiger partial charge in [-0.1, -0.05) is 43.2 Å². The van der Waals surface area contributed by atoms with E-state index in [0.717, 1.165) is 6.54 Å². The monoisotopic (exact) mass is 220 g/mol. The van der Waals surface area contributed by atoms with Gasteiger partial charge in [0.25, 0.3) is 0 Å². The van der Waals surface area contributed by atoms with Crippen molar-refractivity contribution in [3.05, 3.63) is 34.9 Å². The summed E-state index contributed by atoms with van der Waals surface area (Å²) >= 11 is 0. The minimum atomic E-state index is 0.279. The van der Waals surface area contributed by atoms with E-state index in [1.54, 1.807) is 0 Å². The molecular weight excluding hydrogens is 196 g/mol. The summed E-state index contributed by atoms with van der Waals surface area (Å²) in [5, 5.41) is 3.51. The number of rotatable bonds is 5. The van der Waals surface area contributed by atoms with Gasteiger partial charge in [-0.25, -0.2) is 0 Å². The van der Waals surface area contributed by atoms with Crippen LogP contribution >= 0.6 is 0 Å². The van der Waals surface area contributed by atoms with Crippen molar-refractivity contribution in [3.63, 3.8) is 0 Å². The van der Waals surface area contributed by atoms with E-state index >= 15 is 0 Å². The molecule has 90 valence electrons. The fourth-order valence-corrected chi connectivity index (χ4v) is 1.93. The van der Waals surface area contributed by atoms with Crippen molar-refractivity contribution >= 4 is 0 Å². The van der Waals surface area contributed by atoms with Gasteiger partial charge in [-0.15, -0.1) is 0 Å². The number of hydrogen-bond acceptors (Lipinski definition) is 2. The first kappa shape index (κ1) is 13.2. The number of aryl methyl sites for hydroxylation is 2. The summed E-state index contributed by atoms with van der Waals surface area (Å²) in [7, 11) is 0. The van der Waals surface area contributed by atoms with Gasteiger partial charge < -0.3 is 11.1 Å². The van der Waals surface area contributed by atoms with Crippen LogP contribution in [-0.4, -0.2) is 13.1 Å². The van der Waals surface area contributed by atoms with Crippen molar-refractivity contribution in [1.29, 1.82) is 0 Å². The zero-order chi connectivity index (χ0) is 12.1. The number of benzene rings is 1. The Kier molecular flexibility index (Phi) is 4.97. The van der Waals surface area contributed by atoms with Crippen LogP contribution in [0.3, 0.4) is 0 Å². The second-order valence-corrected chi connectivity index (χ2v) is 5.01. The summed E-state index contributed by atoms with van der Waals surface area (Å²) in [5.74, 6) is 0.653. The van der Waals surface area contributed by atoms with Gasteiger partial charge >= 0.3 is 0 Å². The normalized spacial score (nSPS) is 13.1. The lowest BCUT2D eigenvalue weighted by Gasteiger charge is -2.19. The number of hydrogen-bond donors (Lipinski definition) is 2. The molecule has 0 aliphatic rings. The Hall–Kier alpha value is -0.860. The van der Waals surface area contributed by atoms with Crippen molar-refractivity contribution in [2.45, 2.75) is 33.7 Å². The quantitative estimate of drug-likeness (QED) is 0.800. The van der Waals surface area contributed by atoms with Crippen molar-refractivity contribution in [3.8, 4) is 0 Å². The maximum absolute atomic E-state index is 5.83. The Labute approximate surface area is 99.2 Å². The Morgan fingerprint density at radius 3 is 2.12 bits per heavy atom. The first-order valence-corrected chi connectivity index (χ1v) is 6.04. The van der Waals surface area contributed by atoms with Gasteiger partial charge in [-0.3, -0.25) is 0 Å². The molecule has 1 aromatic rings. The summed E-state index contributed by atoms with van der Waals surface area (Å²) < 4.78 is 0. The Morgan fingerprint density at radius 1 is 1.12 bits per heavy atom. The fourth-order valence-electron chi connectivity index (χ4n) is 1.93. The first-order chi connectivity index (χ1) is 7.52. The molecule has 16 heavy (non-hydrogen) atoms. The maximum Gasteiger partial charge on any atom is 0.0444 e. The molecule has 3 N–H and O–H groups in total.